The van der Waals surface area contributed by atoms with Crippen LogP contribution in [0.5, 0.6) is 5.75 Å². The fourth-order valence-corrected chi connectivity index (χ4v) is 1.83. The molecule has 1 aromatic carbocycles. The van der Waals surface area contributed by atoms with Crippen LogP contribution >= 0.6 is 0 Å². The normalized spacial score (nSPS) is 10.6. The lowest BCUT2D eigenvalue weighted by Gasteiger charge is -2.04. The Labute approximate surface area is 105 Å². The SMILES string of the molecule is CCOC(=O)Oc1ccc2[nH]cc(CCN)c2c1. The third kappa shape index (κ3) is 2.62. The molecule has 5 heteroatoms. The van der Waals surface area contributed by atoms with Gasteiger partial charge >= 0.3 is 6.16 Å². The Morgan fingerprint density at radius 2 is 2.28 bits per heavy atom. The Hall–Kier alpha value is -2.01. The molecule has 0 saturated carbocycles. The number of rotatable bonds is 4. The van der Waals surface area contributed by atoms with Gasteiger partial charge in [0.15, 0.2) is 0 Å². The first-order valence-corrected chi connectivity index (χ1v) is 5.89. The molecule has 0 saturated heterocycles. The third-order valence-electron chi connectivity index (χ3n) is 2.62. The number of aromatic nitrogens is 1. The highest BCUT2D eigenvalue weighted by Crippen LogP contribution is 2.24. The zero-order valence-electron chi connectivity index (χ0n) is 10.2. The van der Waals surface area contributed by atoms with Gasteiger partial charge in [-0.1, -0.05) is 0 Å². The minimum absolute atomic E-state index is 0.295. The number of carbonyl (C=O) groups is 1. The van der Waals surface area contributed by atoms with Gasteiger partial charge in [0.25, 0.3) is 0 Å². The van der Waals surface area contributed by atoms with Crippen molar-refractivity contribution >= 4 is 17.1 Å². The minimum atomic E-state index is -0.687. The van der Waals surface area contributed by atoms with Gasteiger partial charge in [0.2, 0.25) is 0 Å². The van der Waals surface area contributed by atoms with Crippen LogP contribution in [-0.2, 0) is 11.2 Å². The number of carbonyl (C=O) groups excluding carboxylic acids is 1. The summed E-state index contributed by atoms with van der Waals surface area (Å²) in [5, 5.41) is 1.02. The number of hydrogen-bond donors (Lipinski definition) is 2. The standard InChI is InChI=1S/C13H16N2O3/c1-2-17-13(16)18-10-3-4-12-11(7-10)9(5-6-14)8-15-12/h3-4,7-8,15H,2,5-6,14H2,1H3. The maximum Gasteiger partial charge on any atom is 0.513 e. The van der Waals surface area contributed by atoms with Crippen LogP contribution in [0.2, 0.25) is 0 Å². The molecule has 0 aliphatic rings. The summed E-state index contributed by atoms with van der Waals surface area (Å²) in [4.78, 5) is 14.4. The van der Waals surface area contributed by atoms with E-state index in [9.17, 15) is 4.79 Å². The summed E-state index contributed by atoms with van der Waals surface area (Å²) >= 11 is 0. The van der Waals surface area contributed by atoms with Gasteiger partial charge in [0, 0.05) is 17.1 Å². The number of aromatic amines is 1. The molecule has 0 radical (unpaired) electrons. The molecule has 0 aliphatic heterocycles. The number of nitrogens with one attached hydrogen (secondary N) is 1. The fraction of sp³-hybridized carbons (Fsp3) is 0.308. The van der Waals surface area contributed by atoms with E-state index >= 15 is 0 Å². The maximum absolute atomic E-state index is 11.2. The largest absolute Gasteiger partial charge is 0.513 e. The van der Waals surface area contributed by atoms with Gasteiger partial charge in [-0.2, -0.15) is 0 Å². The van der Waals surface area contributed by atoms with E-state index in [0.717, 1.165) is 22.9 Å². The average molecular weight is 248 g/mol. The second kappa shape index (κ2) is 5.55. The summed E-state index contributed by atoms with van der Waals surface area (Å²) < 4.78 is 9.79. The van der Waals surface area contributed by atoms with Crippen molar-refractivity contribution in [3.63, 3.8) is 0 Å². The fourth-order valence-electron chi connectivity index (χ4n) is 1.83. The predicted molar refractivity (Wildman–Crippen MR) is 68.7 cm³/mol. The molecule has 0 atom stereocenters. The number of ether oxygens (including phenoxy) is 2. The Balaban J connectivity index is 2.24. The number of hydrogen-bond acceptors (Lipinski definition) is 4. The average Bonchev–Trinajstić information content (AvgIpc) is 2.73. The van der Waals surface area contributed by atoms with Gasteiger partial charge in [-0.15, -0.1) is 0 Å². The molecule has 1 aromatic heterocycles. The molecule has 18 heavy (non-hydrogen) atoms. The van der Waals surface area contributed by atoms with Crippen LogP contribution in [0.25, 0.3) is 10.9 Å². The van der Waals surface area contributed by atoms with Gasteiger partial charge in [0.05, 0.1) is 6.61 Å². The number of H-pyrrole nitrogens is 1. The van der Waals surface area contributed by atoms with Crippen molar-refractivity contribution in [1.29, 1.82) is 0 Å². The van der Waals surface area contributed by atoms with Crippen molar-refractivity contribution in [3.8, 4) is 5.75 Å². The minimum Gasteiger partial charge on any atom is -0.434 e. The predicted octanol–water partition coefficient (Wildman–Crippen LogP) is 2.20. The van der Waals surface area contributed by atoms with Crippen LogP contribution in [0.4, 0.5) is 4.79 Å². The van der Waals surface area contributed by atoms with E-state index in [1.807, 2.05) is 18.3 Å². The molecule has 0 bridgehead atoms. The molecule has 2 aromatic rings. The number of nitrogens with two attached hydrogens (primary N) is 1. The quantitative estimate of drug-likeness (QED) is 0.642. The van der Waals surface area contributed by atoms with Gasteiger partial charge in [0.1, 0.15) is 5.75 Å². The zero-order valence-corrected chi connectivity index (χ0v) is 10.2. The van der Waals surface area contributed by atoms with Crippen molar-refractivity contribution in [1.82, 2.24) is 4.98 Å². The lowest BCUT2D eigenvalue weighted by Crippen LogP contribution is -2.09. The van der Waals surface area contributed by atoms with Crippen LogP contribution in [0.15, 0.2) is 24.4 Å². The monoisotopic (exact) mass is 248 g/mol. The van der Waals surface area contributed by atoms with Crippen molar-refractivity contribution in [2.45, 2.75) is 13.3 Å². The molecule has 0 aliphatic carbocycles. The number of benzene rings is 1. The van der Waals surface area contributed by atoms with E-state index < -0.39 is 6.16 Å². The summed E-state index contributed by atoms with van der Waals surface area (Å²) in [7, 11) is 0. The molecule has 1 heterocycles. The van der Waals surface area contributed by atoms with Gasteiger partial charge < -0.3 is 20.2 Å². The van der Waals surface area contributed by atoms with E-state index in [1.165, 1.54) is 0 Å². The second-order valence-corrected chi connectivity index (χ2v) is 3.85. The Bertz CT molecular complexity index is 548. The molecular weight excluding hydrogens is 232 g/mol. The first kappa shape index (κ1) is 12.4. The Morgan fingerprint density at radius 1 is 1.44 bits per heavy atom. The lowest BCUT2D eigenvalue weighted by atomic mass is 10.1. The van der Waals surface area contributed by atoms with Crippen LogP contribution in [-0.4, -0.2) is 24.3 Å². The zero-order chi connectivity index (χ0) is 13.0. The molecule has 96 valence electrons. The summed E-state index contributed by atoms with van der Waals surface area (Å²) in [6, 6.07) is 5.40. The van der Waals surface area contributed by atoms with Gasteiger partial charge in [-0.05, 0) is 43.7 Å². The summed E-state index contributed by atoms with van der Waals surface area (Å²) in [5.74, 6) is 0.471. The smallest absolute Gasteiger partial charge is 0.434 e. The van der Waals surface area contributed by atoms with Crippen molar-refractivity contribution < 1.29 is 14.3 Å². The molecule has 5 nitrogen and oxygen atoms in total. The van der Waals surface area contributed by atoms with E-state index in [2.05, 4.69) is 4.98 Å². The molecule has 0 unspecified atom stereocenters. The maximum atomic E-state index is 11.2. The number of fused-ring (bicyclic) bond motifs is 1. The summed E-state index contributed by atoms with van der Waals surface area (Å²) in [5.41, 5.74) is 7.66. The summed E-state index contributed by atoms with van der Waals surface area (Å²) in [6.45, 7) is 2.61. The van der Waals surface area contributed by atoms with Gasteiger partial charge in [-0.3, -0.25) is 0 Å². The molecule has 0 fully saturated rings. The van der Waals surface area contributed by atoms with Crippen LogP contribution in [0, 0.1) is 0 Å². The topological polar surface area (TPSA) is 77.3 Å². The Kier molecular flexibility index (Phi) is 3.84. The van der Waals surface area contributed by atoms with E-state index in [-0.39, 0.29) is 0 Å². The third-order valence-corrected chi connectivity index (χ3v) is 2.62. The lowest BCUT2D eigenvalue weighted by molar-refractivity contribution is 0.104. The van der Waals surface area contributed by atoms with Crippen molar-refractivity contribution in [2.75, 3.05) is 13.2 Å². The van der Waals surface area contributed by atoms with E-state index in [1.54, 1.807) is 13.0 Å². The van der Waals surface area contributed by atoms with E-state index in [4.69, 9.17) is 15.2 Å². The van der Waals surface area contributed by atoms with Crippen LogP contribution in [0.3, 0.4) is 0 Å². The highest BCUT2D eigenvalue weighted by atomic mass is 16.7. The first-order chi connectivity index (χ1) is 8.74. The molecule has 2 rings (SSSR count). The Morgan fingerprint density at radius 3 is 3.00 bits per heavy atom. The van der Waals surface area contributed by atoms with E-state index in [0.29, 0.717) is 18.9 Å². The first-order valence-electron chi connectivity index (χ1n) is 5.89. The molecule has 3 N–H and O–H groups in total. The van der Waals surface area contributed by atoms with Crippen molar-refractivity contribution in [2.24, 2.45) is 5.73 Å². The van der Waals surface area contributed by atoms with Crippen molar-refractivity contribution in [3.05, 3.63) is 30.0 Å². The molecule has 0 amide bonds. The summed E-state index contributed by atoms with van der Waals surface area (Å²) in [6.07, 6.45) is 2.02. The highest BCUT2D eigenvalue weighted by Gasteiger charge is 2.08. The molecule has 0 spiro atoms. The highest BCUT2D eigenvalue weighted by molar-refractivity contribution is 5.85. The van der Waals surface area contributed by atoms with Crippen LogP contribution in [0.1, 0.15) is 12.5 Å². The molecular formula is C13H16N2O3. The second-order valence-electron chi connectivity index (χ2n) is 3.85. The van der Waals surface area contributed by atoms with Crippen LogP contribution < -0.4 is 10.5 Å². The van der Waals surface area contributed by atoms with Gasteiger partial charge in [-0.25, -0.2) is 4.79 Å².